The Hall–Kier alpha value is -0.940. The summed E-state index contributed by atoms with van der Waals surface area (Å²) in [5.74, 6) is 0. The molecule has 0 aliphatic rings. The molecule has 1 rings (SSSR count). The summed E-state index contributed by atoms with van der Waals surface area (Å²) in [5.41, 5.74) is -1.21. The van der Waals surface area contributed by atoms with Crippen molar-refractivity contribution >= 4 is 9.84 Å². The van der Waals surface area contributed by atoms with Crippen LogP contribution in [-0.2, 0) is 15.5 Å². The molecule has 16 heavy (non-hydrogen) atoms. The molecule has 5 heteroatoms. The molecular weight excluding hydrogens is 229 g/mol. The third-order valence-corrected chi connectivity index (χ3v) is 3.48. The first kappa shape index (κ1) is 13.1. The summed E-state index contributed by atoms with van der Waals surface area (Å²) in [6, 6.07) is 5.99. The van der Waals surface area contributed by atoms with Crippen molar-refractivity contribution in [2.45, 2.75) is 17.5 Å². The van der Waals surface area contributed by atoms with E-state index < -0.39 is 15.5 Å². The van der Waals surface area contributed by atoms with Gasteiger partial charge in [-0.25, -0.2) is 12.8 Å². The van der Waals surface area contributed by atoms with Crippen molar-refractivity contribution in [3.63, 3.8) is 0 Å². The molecule has 1 unspecified atom stereocenters. The molecule has 1 N–H and O–H groups in total. The molecule has 0 spiro atoms. The lowest BCUT2D eigenvalue weighted by Crippen LogP contribution is -2.29. The Bertz CT molecular complexity index is 469. The highest BCUT2D eigenvalue weighted by Crippen LogP contribution is 2.26. The van der Waals surface area contributed by atoms with E-state index in [-0.39, 0.29) is 11.4 Å². The third kappa shape index (κ3) is 3.02. The summed E-state index contributed by atoms with van der Waals surface area (Å²) in [6.45, 7) is 1.56. The number of halogens is 1. The Balaban J connectivity index is 3.18. The highest BCUT2D eigenvalue weighted by molar-refractivity contribution is 7.90. The maximum atomic E-state index is 14.1. The highest BCUT2D eigenvalue weighted by Gasteiger charge is 2.25. The minimum atomic E-state index is -3.29. The number of rotatable bonds is 4. The second-order valence-corrected chi connectivity index (χ2v) is 6.04. The number of hydrogen-bond acceptors (Lipinski definition) is 3. The molecule has 0 amide bonds. The summed E-state index contributed by atoms with van der Waals surface area (Å²) in [6.07, 6.45) is 1.11. The van der Waals surface area contributed by atoms with E-state index in [0.717, 1.165) is 6.26 Å². The molecule has 3 nitrogen and oxygen atoms in total. The lowest BCUT2D eigenvalue weighted by molar-refractivity contribution is 0.190. The van der Waals surface area contributed by atoms with Crippen LogP contribution in [0.1, 0.15) is 12.5 Å². The summed E-state index contributed by atoms with van der Waals surface area (Å²) in [7, 11) is -1.64. The summed E-state index contributed by atoms with van der Waals surface area (Å²) >= 11 is 0. The molecule has 1 atom stereocenters. The van der Waals surface area contributed by atoms with Crippen LogP contribution >= 0.6 is 0 Å². The van der Waals surface area contributed by atoms with E-state index in [2.05, 4.69) is 5.32 Å². The molecule has 0 aliphatic heterocycles. The summed E-state index contributed by atoms with van der Waals surface area (Å²) in [4.78, 5) is 0.143. The number of nitrogens with one attached hydrogen (secondary N) is 1. The van der Waals surface area contributed by atoms with Crippen LogP contribution < -0.4 is 5.32 Å². The highest BCUT2D eigenvalue weighted by atomic mass is 32.2. The van der Waals surface area contributed by atoms with E-state index in [1.54, 1.807) is 19.2 Å². The van der Waals surface area contributed by atoms with Gasteiger partial charge in [-0.1, -0.05) is 12.1 Å². The maximum absolute atomic E-state index is 14.1. The molecule has 0 aromatic heterocycles. The Morgan fingerprint density at radius 1 is 1.44 bits per heavy atom. The molecular formula is C11H16FNO2S. The van der Waals surface area contributed by atoms with E-state index in [0.29, 0.717) is 5.56 Å². The quantitative estimate of drug-likeness (QED) is 0.874. The van der Waals surface area contributed by atoms with Crippen molar-refractivity contribution < 1.29 is 12.8 Å². The average Bonchev–Trinajstić information content (AvgIpc) is 2.16. The van der Waals surface area contributed by atoms with Crippen LogP contribution in [-0.4, -0.2) is 28.3 Å². The molecule has 90 valence electrons. The predicted molar refractivity (Wildman–Crippen MR) is 61.9 cm³/mol. The Morgan fingerprint density at radius 2 is 2.06 bits per heavy atom. The minimum Gasteiger partial charge on any atom is -0.316 e. The van der Waals surface area contributed by atoms with E-state index >= 15 is 0 Å². The molecule has 0 saturated carbocycles. The first-order valence-electron chi connectivity index (χ1n) is 4.91. The van der Waals surface area contributed by atoms with Crippen molar-refractivity contribution in [3.05, 3.63) is 29.8 Å². The van der Waals surface area contributed by atoms with Gasteiger partial charge in [0.15, 0.2) is 9.84 Å². The number of alkyl halides is 1. The van der Waals surface area contributed by atoms with Gasteiger partial charge in [0, 0.05) is 12.8 Å². The molecule has 1 aromatic carbocycles. The van der Waals surface area contributed by atoms with Gasteiger partial charge in [0.25, 0.3) is 0 Å². The minimum absolute atomic E-state index is 0.139. The van der Waals surface area contributed by atoms with Crippen LogP contribution in [0.4, 0.5) is 4.39 Å². The Kier molecular flexibility index (Phi) is 3.70. The molecule has 1 aromatic rings. The number of benzene rings is 1. The van der Waals surface area contributed by atoms with Crippen LogP contribution in [0, 0.1) is 0 Å². The zero-order valence-corrected chi connectivity index (χ0v) is 10.4. The van der Waals surface area contributed by atoms with Crippen LogP contribution in [0.2, 0.25) is 0 Å². The zero-order valence-electron chi connectivity index (χ0n) is 9.62. The van der Waals surface area contributed by atoms with Crippen LogP contribution in [0.5, 0.6) is 0 Å². The van der Waals surface area contributed by atoms with Crippen LogP contribution in [0.25, 0.3) is 0 Å². The zero-order chi connectivity index (χ0) is 12.4. The molecule has 0 aliphatic carbocycles. The van der Waals surface area contributed by atoms with Crippen molar-refractivity contribution in [3.8, 4) is 0 Å². The number of sulfone groups is 1. The van der Waals surface area contributed by atoms with Crippen molar-refractivity contribution in [1.82, 2.24) is 5.32 Å². The van der Waals surface area contributed by atoms with Crippen LogP contribution in [0.15, 0.2) is 29.2 Å². The molecule has 0 fully saturated rings. The fourth-order valence-corrected chi connectivity index (χ4v) is 2.15. The van der Waals surface area contributed by atoms with E-state index in [1.165, 1.54) is 19.1 Å². The lowest BCUT2D eigenvalue weighted by Gasteiger charge is -2.20. The molecule has 0 saturated heterocycles. The van der Waals surface area contributed by atoms with Gasteiger partial charge in [0.2, 0.25) is 0 Å². The van der Waals surface area contributed by atoms with E-state index in [1.807, 2.05) is 0 Å². The van der Waals surface area contributed by atoms with Gasteiger partial charge in [-0.05, 0) is 31.7 Å². The third-order valence-electron chi connectivity index (χ3n) is 2.37. The van der Waals surface area contributed by atoms with Crippen molar-refractivity contribution in [1.29, 1.82) is 0 Å². The molecule has 0 heterocycles. The second kappa shape index (κ2) is 4.51. The first-order chi connectivity index (χ1) is 7.27. The second-order valence-electron chi connectivity index (χ2n) is 4.03. The average molecular weight is 245 g/mol. The smallest absolute Gasteiger partial charge is 0.175 e. The van der Waals surface area contributed by atoms with Crippen LogP contribution in [0.3, 0.4) is 0 Å². The van der Waals surface area contributed by atoms with Gasteiger partial charge in [-0.15, -0.1) is 0 Å². The Morgan fingerprint density at radius 3 is 2.56 bits per heavy atom. The monoisotopic (exact) mass is 245 g/mol. The standard InChI is InChI=1S/C11H16FNO2S/c1-11(12,8-13-2)9-5-4-6-10(7-9)16(3,14)15/h4-7,13H,8H2,1-3H3. The van der Waals surface area contributed by atoms with E-state index in [9.17, 15) is 12.8 Å². The molecule has 0 bridgehead atoms. The summed E-state index contributed by atoms with van der Waals surface area (Å²) < 4.78 is 36.8. The predicted octanol–water partition coefficient (Wildman–Crippen LogP) is 1.49. The van der Waals surface area contributed by atoms with Gasteiger partial charge in [0.05, 0.1) is 4.90 Å². The maximum Gasteiger partial charge on any atom is 0.175 e. The van der Waals surface area contributed by atoms with Crippen molar-refractivity contribution in [2.24, 2.45) is 0 Å². The number of hydrogen-bond donors (Lipinski definition) is 1. The lowest BCUT2D eigenvalue weighted by atomic mass is 9.98. The Labute approximate surface area is 95.6 Å². The van der Waals surface area contributed by atoms with Gasteiger partial charge in [-0.3, -0.25) is 0 Å². The normalized spacial score (nSPS) is 15.8. The largest absolute Gasteiger partial charge is 0.316 e. The van der Waals surface area contributed by atoms with Gasteiger partial charge >= 0.3 is 0 Å². The first-order valence-corrected chi connectivity index (χ1v) is 6.80. The SMILES string of the molecule is CNCC(C)(F)c1cccc(S(C)(=O)=O)c1. The van der Waals surface area contributed by atoms with E-state index in [4.69, 9.17) is 0 Å². The fraction of sp³-hybridized carbons (Fsp3) is 0.455. The molecule has 0 radical (unpaired) electrons. The fourth-order valence-electron chi connectivity index (χ4n) is 1.49. The van der Waals surface area contributed by atoms with Gasteiger partial charge in [-0.2, -0.15) is 0 Å². The van der Waals surface area contributed by atoms with Gasteiger partial charge in [0.1, 0.15) is 5.67 Å². The summed E-state index contributed by atoms with van der Waals surface area (Å²) in [5, 5.41) is 2.74. The topological polar surface area (TPSA) is 46.2 Å². The van der Waals surface area contributed by atoms with Gasteiger partial charge < -0.3 is 5.32 Å². The van der Waals surface area contributed by atoms with Crippen molar-refractivity contribution in [2.75, 3.05) is 19.8 Å². The number of likely N-dealkylation sites (N-methyl/N-ethyl adjacent to an activating group) is 1.